The van der Waals surface area contributed by atoms with Gasteiger partial charge in [0.2, 0.25) is 0 Å². The number of anilines is 3. The average Bonchev–Trinajstić information content (AvgIpc) is 3.58. The molecule has 0 bridgehead atoms. The Balaban J connectivity index is 1.22. The number of likely N-dealkylation sites (tertiary alicyclic amines) is 1. The lowest BCUT2D eigenvalue weighted by Crippen LogP contribution is -2.19. The number of fused-ring (bicyclic) bond motifs is 1. The molecule has 4 aromatic rings. The first-order chi connectivity index (χ1) is 18.9. The number of benzene rings is 1. The van der Waals surface area contributed by atoms with Crippen LogP contribution in [0, 0.1) is 5.82 Å². The first-order valence-corrected chi connectivity index (χ1v) is 13.7. The predicted octanol–water partition coefficient (Wildman–Crippen LogP) is 4.15. The number of nitrogens with one attached hydrogen (secondary N) is 3. The summed E-state index contributed by atoms with van der Waals surface area (Å²) in [4.78, 5) is 32.7. The van der Waals surface area contributed by atoms with Gasteiger partial charge in [0.15, 0.2) is 0 Å². The lowest BCUT2D eigenvalue weighted by molar-refractivity contribution is 0.103. The maximum Gasteiger partial charge on any atom is 0.287 e. The van der Waals surface area contributed by atoms with Crippen LogP contribution in [0.4, 0.5) is 21.6 Å². The average molecular weight is 543 g/mol. The molecule has 0 spiro atoms. The third-order valence-corrected chi connectivity index (χ3v) is 8.29. The summed E-state index contributed by atoms with van der Waals surface area (Å²) < 4.78 is 15.7. The van der Waals surface area contributed by atoms with Crippen molar-refractivity contribution in [3.63, 3.8) is 0 Å². The molecule has 2 aliphatic rings. The lowest BCUT2D eigenvalue weighted by Gasteiger charge is -2.19. The number of aromatic nitrogens is 3. The fourth-order valence-electron chi connectivity index (χ4n) is 5.06. The zero-order chi connectivity index (χ0) is 26.9. The molecule has 198 valence electrons. The molecule has 1 aromatic carbocycles. The van der Waals surface area contributed by atoms with Crippen molar-refractivity contribution >= 4 is 46.6 Å². The topological polar surface area (TPSA) is 103 Å². The molecule has 3 aromatic heterocycles. The van der Waals surface area contributed by atoms with Crippen molar-refractivity contribution in [1.29, 1.82) is 0 Å². The Morgan fingerprint density at radius 1 is 1.13 bits per heavy atom. The third-order valence-electron chi connectivity index (χ3n) is 7.14. The highest BCUT2D eigenvalue weighted by Crippen LogP contribution is 2.30. The summed E-state index contributed by atoms with van der Waals surface area (Å²) in [6.07, 6.45) is 10.2. The molecule has 0 saturated carbocycles. The van der Waals surface area contributed by atoms with Gasteiger partial charge in [0.25, 0.3) is 11.5 Å². The second-order valence-electron chi connectivity index (χ2n) is 9.80. The number of H-pyrrole nitrogens is 1. The van der Waals surface area contributed by atoms with Crippen LogP contribution in [-0.2, 0) is 0 Å². The molecule has 1 unspecified atom stereocenters. The minimum absolute atomic E-state index is 0.0356. The smallest absolute Gasteiger partial charge is 0.287 e. The third kappa shape index (κ3) is 5.25. The molecule has 39 heavy (non-hydrogen) atoms. The summed E-state index contributed by atoms with van der Waals surface area (Å²) in [6, 6.07) is 12.0. The van der Waals surface area contributed by atoms with E-state index in [-0.39, 0.29) is 17.3 Å². The van der Waals surface area contributed by atoms with Crippen molar-refractivity contribution in [3.8, 4) is 11.3 Å². The van der Waals surface area contributed by atoms with Gasteiger partial charge in [0.05, 0.1) is 16.3 Å². The van der Waals surface area contributed by atoms with Crippen LogP contribution in [0.3, 0.4) is 0 Å². The zero-order valence-electron chi connectivity index (χ0n) is 21.3. The van der Waals surface area contributed by atoms with E-state index < -0.39 is 11.4 Å². The van der Waals surface area contributed by atoms with E-state index in [9.17, 15) is 14.0 Å². The standard InChI is InChI=1S/C29H27FN6O2S/c1-36-12-4-6-24(36)19-9-11-27(31-16-19)32-23-15-21(34-35-28(23)37)17-8-10-20(30)22(13-17)33-29(38)26-14-18-5-2-3-7-25(18)39-26/h5,7-11,13-16,24H,2-4,6,12H2,1H3,(H,33,38)(H,35,37)(H,31,32,34). The summed E-state index contributed by atoms with van der Waals surface area (Å²) in [5.74, 6) is -0.406. The quantitative estimate of drug-likeness (QED) is 0.338. The molecule has 1 fully saturated rings. The highest BCUT2D eigenvalue weighted by molar-refractivity contribution is 7.12. The fourth-order valence-corrected chi connectivity index (χ4v) is 6.09. The second-order valence-corrected chi connectivity index (χ2v) is 10.9. The molecule has 1 saturated heterocycles. The van der Waals surface area contributed by atoms with Crippen LogP contribution in [0.2, 0.25) is 0 Å². The van der Waals surface area contributed by atoms with Gasteiger partial charge in [0.1, 0.15) is 17.3 Å². The number of pyridine rings is 1. The SMILES string of the molecule is CN1CCCC1c1ccc(Nc2cc(-c3ccc(F)c(NC(=O)c4cc5c(s4)=CCCC=5)c3)n[nH]c2=O)nc1. The number of thiophene rings is 1. The van der Waals surface area contributed by atoms with Gasteiger partial charge >= 0.3 is 0 Å². The van der Waals surface area contributed by atoms with E-state index in [1.54, 1.807) is 12.1 Å². The zero-order valence-corrected chi connectivity index (χ0v) is 22.1. The number of nitrogens with zero attached hydrogens (tertiary/aromatic N) is 3. The minimum Gasteiger partial charge on any atom is -0.336 e. The highest BCUT2D eigenvalue weighted by atomic mass is 32.1. The summed E-state index contributed by atoms with van der Waals surface area (Å²) in [5.41, 5.74) is 1.97. The number of amides is 1. The monoisotopic (exact) mass is 542 g/mol. The van der Waals surface area contributed by atoms with Gasteiger partial charge < -0.3 is 10.6 Å². The largest absolute Gasteiger partial charge is 0.336 e. The first-order valence-electron chi connectivity index (χ1n) is 12.9. The lowest BCUT2D eigenvalue weighted by atomic mass is 10.1. The molecule has 3 N–H and O–H groups in total. The van der Waals surface area contributed by atoms with Crippen molar-refractivity contribution in [2.75, 3.05) is 24.2 Å². The van der Waals surface area contributed by atoms with Crippen LogP contribution < -0.4 is 25.9 Å². The Kier molecular flexibility index (Phi) is 6.80. The molecule has 8 nitrogen and oxygen atoms in total. The number of carbonyl (C=O) groups is 1. The number of hydrogen-bond donors (Lipinski definition) is 3. The van der Waals surface area contributed by atoms with E-state index >= 15 is 0 Å². The normalized spacial score (nSPS) is 16.7. The van der Waals surface area contributed by atoms with Crippen molar-refractivity contribution in [2.45, 2.75) is 31.7 Å². The van der Waals surface area contributed by atoms with E-state index in [1.165, 1.54) is 29.9 Å². The summed E-state index contributed by atoms with van der Waals surface area (Å²) >= 11 is 1.39. The van der Waals surface area contributed by atoms with Gasteiger partial charge in [-0.1, -0.05) is 18.2 Å². The van der Waals surface area contributed by atoms with Crippen LogP contribution in [-0.4, -0.2) is 39.6 Å². The Bertz CT molecular complexity index is 1700. The molecule has 6 rings (SSSR count). The van der Waals surface area contributed by atoms with Crippen molar-refractivity contribution in [1.82, 2.24) is 20.1 Å². The number of hydrogen-bond acceptors (Lipinski definition) is 7. The number of carbonyl (C=O) groups excluding carboxylic acids is 1. The Hall–Kier alpha value is -4.15. The van der Waals surface area contributed by atoms with Gasteiger partial charge in [0, 0.05) is 22.3 Å². The number of rotatable bonds is 6. The molecular weight excluding hydrogens is 515 g/mol. The van der Waals surface area contributed by atoms with Crippen LogP contribution in [0.1, 0.15) is 47.0 Å². The molecule has 1 aliphatic carbocycles. The van der Waals surface area contributed by atoms with Gasteiger partial charge in [-0.2, -0.15) is 5.10 Å². The highest BCUT2D eigenvalue weighted by Gasteiger charge is 2.22. The molecule has 0 radical (unpaired) electrons. The van der Waals surface area contributed by atoms with Crippen molar-refractivity contribution in [2.24, 2.45) is 0 Å². The number of halogens is 1. The molecule has 1 atom stereocenters. The first kappa shape index (κ1) is 25.1. The van der Waals surface area contributed by atoms with E-state index in [0.29, 0.717) is 28.0 Å². The number of aromatic amines is 1. The second kappa shape index (κ2) is 10.5. The van der Waals surface area contributed by atoms with Crippen LogP contribution >= 0.6 is 11.3 Å². The van der Waals surface area contributed by atoms with Gasteiger partial charge in [-0.05, 0) is 86.5 Å². The molecule has 10 heteroatoms. The van der Waals surface area contributed by atoms with Crippen molar-refractivity contribution in [3.05, 3.63) is 85.0 Å². The maximum absolute atomic E-state index is 14.7. The van der Waals surface area contributed by atoms with Crippen molar-refractivity contribution < 1.29 is 9.18 Å². The minimum atomic E-state index is -0.563. The Morgan fingerprint density at radius 2 is 2.00 bits per heavy atom. The van der Waals surface area contributed by atoms with E-state index in [0.717, 1.165) is 41.1 Å². The summed E-state index contributed by atoms with van der Waals surface area (Å²) in [6.45, 7) is 1.07. The van der Waals surface area contributed by atoms with E-state index in [2.05, 4.69) is 49.9 Å². The van der Waals surface area contributed by atoms with E-state index in [4.69, 9.17) is 0 Å². The molecule has 1 aliphatic heterocycles. The molecule has 1 amide bonds. The fraction of sp³-hybridized carbons (Fsp3) is 0.241. The van der Waals surface area contributed by atoms with E-state index in [1.807, 2.05) is 24.4 Å². The van der Waals surface area contributed by atoms with Crippen LogP contribution in [0.5, 0.6) is 0 Å². The van der Waals surface area contributed by atoms with Gasteiger partial charge in [-0.15, -0.1) is 11.3 Å². The van der Waals surface area contributed by atoms with Gasteiger partial charge in [-0.25, -0.2) is 14.5 Å². The maximum atomic E-state index is 14.7. The van der Waals surface area contributed by atoms with Gasteiger partial charge in [-0.3, -0.25) is 14.5 Å². The van der Waals surface area contributed by atoms with Crippen LogP contribution in [0.25, 0.3) is 23.4 Å². The molecular formula is C29H27FN6O2S. The Morgan fingerprint density at radius 3 is 2.77 bits per heavy atom. The Labute approximate surface area is 227 Å². The predicted molar refractivity (Wildman–Crippen MR) is 152 cm³/mol. The van der Waals surface area contributed by atoms with Crippen LogP contribution in [0.15, 0.2) is 53.5 Å². The summed E-state index contributed by atoms with van der Waals surface area (Å²) in [5, 5.41) is 13.4. The molecule has 4 heterocycles. The summed E-state index contributed by atoms with van der Waals surface area (Å²) in [7, 11) is 2.11.